The number of aliphatic hydroxyl groups excluding tert-OH is 1. The van der Waals surface area contributed by atoms with Crippen LogP contribution in [0.25, 0.3) is 10.9 Å². The van der Waals surface area contributed by atoms with E-state index in [-0.39, 0.29) is 23.7 Å². The summed E-state index contributed by atoms with van der Waals surface area (Å²) in [7, 11) is 1.72. The molecule has 1 N–H and O–H groups in total. The molecule has 1 aromatic heterocycles. The van der Waals surface area contributed by atoms with E-state index >= 15 is 0 Å². The van der Waals surface area contributed by atoms with Gasteiger partial charge < -0.3 is 14.7 Å². The Morgan fingerprint density at radius 3 is 3.00 bits per heavy atom. The number of para-hydroxylation sites is 1. The van der Waals surface area contributed by atoms with Gasteiger partial charge in [-0.15, -0.1) is 0 Å². The molecule has 4 rings (SSSR count). The van der Waals surface area contributed by atoms with E-state index in [0.717, 1.165) is 30.2 Å². The highest BCUT2D eigenvalue weighted by molar-refractivity contribution is 6.05. The molecule has 1 saturated carbocycles. The van der Waals surface area contributed by atoms with E-state index in [1.807, 2.05) is 35.2 Å². The first kappa shape index (κ1) is 15.5. The number of aromatic nitrogens is 1. The molecule has 0 radical (unpaired) electrons. The van der Waals surface area contributed by atoms with Crippen LogP contribution in [0.2, 0.25) is 0 Å². The number of rotatable bonds is 2. The molecular formula is C19H22N2O3. The van der Waals surface area contributed by atoms with Gasteiger partial charge in [0, 0.05) is 25.2 Å². The molecule has 1 aliphatic heterocycles. The van der Waals surface area contributed by atoms with Crippen LogP contribution in [0.3, 0.4) is 0 Å². The Kier molecular flexibility index (Phi) is 3.77. The first-order valence-corrected chi connectivity index (χ1v) is 8.52. The van der Waals surface area contributed by atoms with Crippen LogP contribution < -0.4 is 0 Å². The normalized spacial score (nSPS) is 29.7. The van der Waals surface area contributed by atoms with Gasteiger partial charge in [0.15, 0.2) is 0 Å². The molecular weight excluding hydrogens is 304 g/mol. The van der Waals surface area contributed by atoms with Crippen molar-refractivity contribution in [3.8, 4) is 0 Å². The monoisotopic (exact) mass is 326 g/mol. The smallest absolute Gasteiger partial charge is 0.256 e. The van der Waals surface area contributed by atoms with Gasteiger partial charge in [-0.05, 0) is 37.8 Å². The minimum absolute atomic E-state index is 0.0164. The molecule has 0 bridgehead atoms. The topological polar surface area (TPSA) is 62.7 Å². The van der Waals surface area contributed by atoms with E-state index < -0.39 is 0 Å². The molecule has 1 aliphatic carbocycles. The van der Waals surface area contributed by atoms with Crippen molar-refractivity contribution in [2.24, 2.45) is 0 Å². The van der Waals surface area contributed by atoms with Gasteiger partial charge in [-0.3, -0.25) is 9.78 Å². The van der Waals surface area contributed by atoms with Crippen LogP contribution >= 0.6 is 0 Å². The standard InChI is InChI=1S/C19H22N2O3/c1-24-19-8-7-14(22)12-16(19)21(11-9-19)18(23)15-6-2-4-13-5-3-10-20-17(13)15/h2-6,10,14,16,22H,7-9,11-12H2,1H3/t14-,16+,19-/m1/s1. The molecule has 2 fully saturated rings. The van der Waals surface area contributed by atoms with Crippen LogP contribution in [0.15, 0.2) is 36.5 Å². The lowest BCUT2D eigenvalue weighted by Crippen LogP contribution is -2.52. The molecule has 2 aromatic rings. The highest BCUT2D eigenvalue weighted by Gasteiger charge is 2.52. The third kappa shape index (κ3) is 2.31. The predicted molar refractivity (Wildman–Crippen MR) is 90.8 cm³/mol. The Hall–Kier alpha value is -1.98. The van der Waals surface area contributed by atoms with Gasteiger partial charge in [-0.1, -0.05) is 18.2 Å². The van der Waals surface area contributed by atoms with Crippen LogP contribution in [0, 0.1) is 0 Å². The van der Waals surface area contributed by atoms with Crippen molar-refractivity contribution < 1.29 is 14.6 Å². The van der Waals surface area contributed by atoms with E-state index in [1.54, 1.807) is 13.3 Å². The molecule has 1 aromatic carbocycles. The highest BCUT2D eigenvalue weighted by Crippen LogP contribution is 2.43. The fraction of sp³-hybridized carbons (Fsp3) is 0.474. The summed E-state index contributed by atoms with van der Waals surface area (Å²) in [5.74, 6) is -0.0164. The molecule has 0 spiro atoms. The number of hydrogen-bond acceptors (Lipinski definition) is 4. The van der Waals surface area contributed by atoms with Crippen molar-refractivity contribution in [1.29, 1.82) is 0 Å². The molecule has 5 nitrogen and oxygen atoms in total. The fourth-order valence-electron chi connectivity index (χ4n) is 4.35. The summed E-state index contributed by atoms with van der Waals surface area (Å²) >= 11 is 0. The number of carbonyl (C=O) groups excluding carboxylic acids is 1. The molecule has 1 amide bonds. The van der Waals surface area contributed by atoms with Gasteiger partial charge in [-0.25, -0.2) is 0 Å². The zero-order valence-corrected chi connectivity index (χ0v) is 13.8. The Morgan fingerprint density at radius 1 is 1.33 bits per heavy atom. The van der Waals surface area contributed by atoms with Crippen LogP contribution in [0.5, 0.6) is 0 Å². The number of pyridine rings is 1. The second-order valence-electron chi connectivity index (χ2n) is 6.84. The summed E-state index contributed by atoms with van der Waals surface area (Å²) in [5, 5.41) is 11.1. The molecule has 2 heterocycles. The van der Waals surface area contributed by atoms with Crippen molar-refractivity contribution in [2.75, 3.05) is 13.7 Å². The first-order valence-electron chi connectivity index (χ1n) is 8.52. The van der Waals surface area contributed by atoms with E-state index in [9.17, 15) is 9.90 Å². The number of fused-ring (bicyclic) bond motifs is 2. The lowest BCUT2D eigenvalue weighted by atomic mass is 9.79. The average molecular weight is 326 g/mol. The van der Waals surface area contributed by atoms with Crippen molar-refractivity contribution in [3.63, 3.8) is 0 Å². The summed E-state index contributed by atoms with van der Waals surface area (Å²) in [6.45, 7) is 0.660. The number of nitrogens with zero attached hydrogens (tertiary/aromatic N) is 2. The molecule has 5 heteroatoms. The predicted octanol–water partition coefficient (Wildman–Crippen LogP) is 2.38. The zero-order chi connectivity index (χ0) is 16.7. The van der Waals surface area contributed by atoms with Crippen molar-refractivity contribution in [1.82, 2.24) is 9.88 Å². The maximum absolute atomic E-state index is 13.2. The van der Waals surface area contributed by atoms with Gasteiger partial charge in [-0.2, -0.15) is 0 Å². The lowest BCUT2D eigenvalue weighted by molar-refractivity contribution is -0.0824. The summed E-state index contributed by atoms with van der Waals surface area (Å²) in [6, 6.07) is 9.47. The van der Waals surface area contributed by atoms with E-state index in [1.165, 1.54) is 0 Å². The number of likely N-dealkylation sites (tertiary alicyclic amines) is 1. The number of amides is 1. The van der Waals surface area contributed by atoms with Crippen LogP contribution in [0.4, 0.5) is 0 Å². The highest BCUT2D eigenvalue weighted by atomic mass is 16.5. The molecule has 3 atom stereocenters. The van der Waals surface area contributed by atoms with Crippen molar-refractivity contribution in [3.05, 3.63) is 42.1 Å². The number of benzene rings is 1. The number of carbonyl (C=O) groups is 1. The minimum atomic E-state index is -0.364. The largest absolute Gasteiger partial charge is 0.393 e. The van der Waals surface area contributed by atoms with Gasteiger partial charge in [0.05, 0.1) is 28.8 Å². The maximum atomic E-state index is 13.2. The number of hydrogen-bond donors (Lipinski definition) is 1. The quantitative estimate of drug-likeness (QED) is 0.920. The van der Waals surface area contributed by atoms with Crippen molar-refractivity contribution >= 4 is 16.8 Å². The van der Waals surface area contributed by atoms with Crippen LogP contribution in [-0.4, -0.2) is 52.3 Å². The summed E-state index contributed by atoms with van der Waals surface area (Å²) in [4.78, 5) is 19.5. The first-order chi connectivity index (χ1) is 11.6. The summed E-state index contributed by atoms with van der Waals surface area (Å²) < 4.78 is 5.83. The lowest BCUT2D eigenvalue weighted by Gasteiger charge is -2.42. The number of methoxy groups -OCH3 is 1. The Balaban J connectivity index is 1.71. The Morgan fingerprint density at radius 2 is 2.17 bits per heavy atom. The molecule has 126 valence electrons. The Labute approximate surface area is 141 Å². The SMILES string of the molecule is CO[C@@]12CC[C@@H](O)C[C@@H]1N(C(=O)c1cccc3cccnc13)CC2. The van der Waals surface area contributed by atoms with Crippen molar-refractivity contribution in [2.45, 2.75) is 43.4 Å². The fourth-order valence-corrected chi connectivity index (χ4v) is 4.35. The van der Waals surface area contributed by atoms with Gasteiger partial charge >= 0.3 is 0 Å². The number of aliphatic hydroxyl groups is 1. The van der Waals surface area contributed by atoms with E-state index in [0.29, 0.717) is 18.5 Å². The number of ether oxygens (including phenoxy) is 1. The van der Waals surface area contributed by atoms with E-state index in [4.69, 9.17) is 4.74 Å². The molecule has 24 heavy (non-hydrogen) atoms. The summed E-state index contributed by atoms with van der Waals surface area (Å²) in [6.07, 6.45) is 4.29. The van der Waals surface area contributed by atoms with E-state index in [2.05, 4.69) is 4.98 Å². The minimum Gasteiger partial charge on any atom is -0.393 e. The third-order valence-corrected chi connectivity index (χ3v) is 5.69. The van der Waals surface area contributed by atoms with Gasteiger partial charge in [0.1, 0.15) is 0 Å². The molecule has 1 saturated heterocycles. The third-order valence-electron chi connectivity index (χ3n) is 5.69. The maximum Gasteiger partial charge on any atom is 0.256 e. The zero-order valence-electron chi connectivity index (χ0n) is 13.8. The van der Waals surface area contributed by atoms with Gasteiger partial charge in [0.25, 0.3) is 5.91 Å². The molecule has 0 unspecified atom stereocenters. The van der Waals surface area contributed by atoms with Gasteiger partial charge in [0.2, 0.25) is 0 Å². The molecule has 2 aliphatic rings. The Bertz CT molecular complexity index is 773. The second kappa shape index (κ2) is 5.83. The second-order valence-corrected chi connectivity index (χ2v) is 6.84. The van der Waals surface area contributed by atoms with Crippen LogP contribution in [-0.2, 0) is 4.74 Å². The average Bonchev–Trinajstić information content (AvgIpc) is 3.00. The van der Waals surface area contributed by atoms with Crippen LogP contribution in [0.1, 0.15) is 36.0 Å². The summed E-state index contributed by atoms with van der Waals surface area (Å²) in [5.41, 5.74) is 1.05.